The molecule has 8 rings (SSSR count). The van der Waals surface area contributed by atoms with Crippen molar-refractivity contribution in [2.75, 3.05) is 0 Å². The SMILES string of the molecule is Cc1cc(C)cc(C(=O)OC2C(OC(=O)c3cc(C)cc(C)c3C)C3(C)CCC2(C)C2c4cccc5c4=C(CCC=5)C23)c1. The largest absolute Gasteiger partial charge is 0.454 e. The van der Waals surface area contributed by atoms with E-state index in [9.17, 15) is 9.59 Å². The van der Waals surface area contributed by atoms with E-state index < -0.39 is 12.2 Å². The Labute approximate surface area is 254 Å². The Morgan fingerprint density at radius 3 is 2.09 bits per heavy atom. The average Bonchev–Trinajstić information content (AvgIpc) is 3.32. The number of ether oxygens (including phenoxy) is 2. The molecule has 3 fully saturated rings. The van der Waals surface area contributed by atoms with Crippen LogP contribution in [0.25, 0.3) is 11.6 Å². The van der Waals surface area contributed by atoms with Gasteiger partial charge in [-0.3, -0.25) is 0 Å². The Hall–Kier alpha value is -3.66. The molecule has 5 aliphatic rings. The average molecular weight is 575 g/mol. The molecule has 0 heterocycles. The summed E-state index contributed by atoms with van der Waals surface area (Å²) in [7, 11) is 0. The van der Waals surface area contributed by atoms with E-state index in [0.29, 0.717) is 11.1 Å². The number of aryl methyl sites for hydroxylation is 4. The molecule has 4 nitrogen and oxygen atoms in total. The number of rotatable bonds is 4. The molecule has 3 aromatic carbocycles. The van der Waals surface area contributed by atoms with Gasteiger partial charge in [-0.1, -0.05) is 67.0 Å². The monoisotopic (exact) mass is 574 g/mol. The van der Waals surface area contributed by atoms with Gasteiger partial charge < -0.3 is 9.47 Å². The molecule has 0 amide bonds. The zero-order chi connectivity index (χ0) is 30.4. The molecule has 5 aliphatic carbocycles. The van der Waals surface area contributed by atoms with Crippen LogP contribution >= 0.6 is 0 Å². The molecule has 0 N–H and O–H groups in total. The Morgan fingerprint density at radius 2 is 1.40 bits per heavy atom. The van der Waals surface area contributed by atoms with E-state index in [1.165, 1.54) is 21.6 Å². The van der Waals surface area contributed by atoms with Crippen molar-refractivity contribution in [3.05, 3.63) is 103 Å². The van der Waals surface area contributed by atoms with Gasteiger partial charge in [-0.05, 0) is 117 Å². The topological polar surface area (TPSA) is 52.6 Å². The summed E-state index contributed by atoms with van der Waals surface area (Å²) in [5.41, 5.74) is 8.35. The fourth-order valence-corrected chi connectivity index (χ4v) is 9.38. The van der Waals surface area contributed by atoms with Gasteiger partial charge >= 0.3 is 11.9 Å². The number of carbonyl (C=O) groups excluding carboxylic acids is 2. The summed E-state index contributed by atoms with van der Waals surface area (Å²) in [5, 5.41) is 2.72. The van der Waals surface area contributed by atoms with Gasteiger partial charge in [0.2, 0.25) is 0 Å². The number of hydrogen-bond donors (Lipinski definition) is 0. The summed E-state index contributed by atoms with van der Waals surface area (Å²) in [6, 6.07) is 16.6. The predicted molar refractivity (Wildman–Crippen MR) is 169 cm³/mol. The van der Waals surface area contributed by atoms with E-state index in [1.54, 1.807) is 0 Å². The van der Waals surface area contributed by atoms with Crippen LogP contribution < -0.4 is 10.4 Å². The normalized spacial score (nSPS) is 29.9. The van der Waals surface area contributed by atoms with Crippen LogP contribution in [0, 0.1) is 51.4 Å². The van der Waals surface area contributed by atoms with Crippen molar-refractivity contribution < 1.29 is 19.1 Å². The van der Waals surface area contributed by atoms with E-state index >= 15 is 0 Å². The van der Waals surface area contributed by atoms with Crippen LogP contribution in [-0.4, -0.2) is 24.1 Å². The van der Waals surface area contributed by atoms with Crippen LogP contribution in [0.4, 0.5) is 0 Å². The number of benzene rings is 3. The van der Waals surface area contributed by atoms with Crippen LogP contribution in [0.5, 0.6) is 0 Å². The predicted octanol–water partition coefficient (Wildman–Crippen LogP) is 6.94. The highest BCUT2D eigenvalue weighted by atomic mass is 16.6. The maximum atomic E-state index is 14.1. The molecular formula is C39H42O4. The fourth-order valence-electron chi connectivity index (χ4n) is 9.38. The minimum Gasteiger partial charge on any atom is -0.454 e. The lowest BCUT2D eigenvalue weighted by atomic mass is 9.42. The van der Waals surface area contributed by atoms with Gasteiger partial charge in [-0.2, -0.15) is 0 Å². The summed E-state index contributed by atoms with van der Waals surface area (Å²) < 4.78 is 13.3. The smallest absolute Gasteiger partial charge is 0.338 e. The van der Waals surface area contributed by atoms with Gasteiger partial charge in [0.05, 0.1) is 11.1 Å². The van der Waals surface area contributed by atoms with Crippen LogP contribution in [-0.2, 0) is 9.47 Å². The third-order valence-electron chi connectivity index (χ3n) is 11.4. The zero-order valence-electron chi connectivity index (χ0n) is 26.5. The molecule has 222 valence electrons. The second-order valence-electron chi connectivity index (χ2n) is 14.3. The first kappa shape index (κ1) is 28.1. The van der Waals surface area contributed by atoms with Gasteiger partial charge in [0, 0.05) is 16.7 Å². The molecule has 6 atom stereocenters. The standard InChI is InChI=1S/C39H42O4/c1-21-16-22(2)19-27(18-21)36(40)42-34-35(43-37(41)30-20-23(3)17-24(4)25(30)5)39(7)15-14-38(34,6)32-28-12-8-10-26-11-9-13-29(31(26)28)33(32)39/h8,10-12,16-20,32-35H,9,13-15H2,1-7H3. The lowest BCUT2D eigenvalue weighted by Gasteiger charge is -2.65. The molecule has 0 aromatic heterocycles. The van der Waals surface area contributed by atoms with Crippen molar-refractivity contribution in [1.29, 1.82) is 0 Å². The molecule has 4 heteroatoms. The van der Waals surface area contributed by atoms with Crippen molar-refractivity contribution in [2.45, 2.75) is 92.3 Å². The second kappa shape index (κ2) is 9.67. The Morgan fingerprint density at radius 1 is 0.767 bits per heavy atom. The first-order valence-corrected chi connectivity index (χ1v) is 15.8. The first-order chi connectivity index (χ1) is 20.4. The summed E-state index contributed by atoms with van der Waals surface area (Å²) in [6.45, 7) is 14.6. The molecule has 0 aliphatic heterocycles. The van der Waals surface area contributed by atoms with Crippen molar-refractivity contribution >= 4 is 23.6 Å². The highest BCUT2D eigenvalue weighted by Crippen LogP contribution is 2.70. The van der Waals surface area contributed by atoms with E-state index in [4.69, 9.17) is 9.47 Å². The van der Waals surface area contributed by atoms with E-state index in [2.05, 4.69) is 50.3 Å². The number of esters is 2. The van der Waals surface area contributed by atoms with Gasteiger partial charge in [0.1, 0.15) is 12.2 Å². The highest BCUT2D eigenvalue weighted by molar-refractivity contribution is 5.92. The summed E-state index contributed by atoms with van der Waals surface area (Å²) in [5.74, 6) is -0.222. The van der Waals surface area contributed by atoms with E-state index in [0.717, 1.165) is 53.5 Å². The molecular weight excluding hydrogens is 532 g/mol. The molecule has 6 unspecified atom stereocenters. The molecule has 2 bridgehead atoms. The summed E-state index contributed by atoms with van der Waals surface area (Å²) >= 11 is 0. The van der Waals surface area contributed by atoms with Crippen LogP contribution in [0.1, 0.15) is 99.5 Å². The van der Waals surface area contributed by atoms with Gasteiger partial charge in [-0.25, -0.2) is 9.59 Å². The maximum absolute atomic E-state index is 14.1. The van der Waals surface area contributed by atoms with Gasteiger partial charge in [-0.15, -0.1) is 0 Å². The first-order valence-electron chi connectivity index (χ1n) is 15.8. The summed E-state index contributed by atoms with van der Waals surface area (Å²) in [6.07, 6.45) is 5.11. The third kappa shape index (κ3) is 4.08. The number of hydrogen-bond acceptors (Lipinski definition) is 4. The maximum Gasteiger partial charge on any atom is 0.338 e. The van der Waals surface area contributed by atoms with Crippen molar-refractivity contribution in [1.82, 2.24) is 0 Å². The van der Waals surface area contributed by atoms with Crippen molar-refractivity contribution in [3.63, 3.8) is 0 Å². The van der Waals surface area contributed by atoms with E-state index in [-0.39, 0.29) is 34.6 Å². The number of carbonyl (C=O) groups is 2. The minimum absolute atomic E-state index is 0.206. The Balaban J connectivity index is 1.37. The minimum atomic E-state index is -0.573. The van der Waals surface area contributed by atoms with Crippen LogP contribution in [0.3, 0.4) is 0 Å². The second-order valence-corrected chi connectivity index (χ2v) is 14.3. The van der Waals surface area contributed by atoms with E-state index in [1.807, 2.05) is 52.8 Å². The fraction of sp³-hybridized carbons (Fsp3) is 0.436. The number of fused-ring (bicyclic) bond motifs is 2. The molecule has 3 saturated carbocycles. The molecule has 0 spiro atoms. The van der Waals surface area contributed by atoms with Crippen molar-refractivity contribution in [2.24, 2.45) is 16.7 Å². The van der Waals surface area contributed by atoms with Crippen LogP contribution in [0.2, 0.25) is 0 Å². The highest BCUT2D eigenvalue weighted by Gasteiger charge is 2.70. The Bertz CT molecular complexity index is 1810. The van der Waals surface area contributed by atoms with Gasteiger partial charge in [0.25, 0.3) is 0 Å². The summed E-state index contributed by atoms with van der Waals surface area (Å²) in [4.78, 5) is 28.0. The Kier molecular flexibility index (Phi) is 6.33. The zero-order valence-corrected chi connectivity index (χ0v) is 26.5. The third-order valence-corrected chi connectivity index (χ3v) is 11.4. The molecule has 0 radical (unpaired) electrons. The molecule has 3 aromatic rings. The molecule has 0 saturated heterocycles. The van der Waals surface area contributed by atoms with Gasteiger partial charge in [0.15, 0.2) is 0 Å². The quantitative estimate of drug-likeness (QED) is 0.317. The lowest BCUT2D eigenvalue weighted by molar-refractivity contribution is -0.216. The van der Waals surface area contributed by atoms with Crippen molar-refractivity contribution in [3.8, 4) is 0 Å². The molecule has 43 heavy (non-hydrogen) atoms. The lowest BCUT2D eigenvalue weighted by Crippen LogP contribution is -2.67. The van der Waals surface area contributed by atoms with Crippen LogP contribution in [0.15, 0.2) is 48.5 Å².